The van der Waals surface area contributed by atoms with Gasteiger partial charge in [-0.15, -0.1) is 0 Å². The van der Waals surface area contributed by atoms with Gasteiger partial charge in [0.2, 0.25) is 0 Å². The number of benzene rings is 2. The van der Waals surface area contributed by atoms with Crippen molar-refractivity contribution in [1.82, 2.24) is 0 Å². The normalized spacial score (nSPS) is 10.4. The molecule has 0 aliphatic heterocycles. The number of rotatable bonds is 5. The number of hydrogen-bond donors (Lipinski definition) is 1. The number of carbonyl (C=O) groups is 1. The van der Waals surface area contributed by atoms with E-state index < -0.39 is 0 Å². The van der Waals surface area contributed by atoms with E-state index in [-0.39, 0.29) is 24.1 Å². The maximum Gasteiger partial charge on any atom is 0.291 e. The molecule has 0 atom stereocenters. The second kappa shape index (κ2) is 7.48. The van der Waals surface area contributed by atoms with Crippen LogP contribution in [0.25, 0.3) is 0 Å². The van der Waals surface area contributed by atoms with E-state index in [1.807, 2.05) is 24.3 Å². The standard InChI is InChI=1S/C18H13FINO3/c19-12-4-6-15(7-5-12)23-11-16-8-9-17(24-16)18(22)21-14-3-1-2-13(20)10-14/h1-10H,11H2,(H,21,22). The monoisotopic (exact) mass is 437 g/mol. The summed E-state index contributed by atoms with van der Waals surface area (Å²) in [6.45, 7) is 0.155. The first-order valence-corrected chi connectivity index (χ1v) is 8.22. The molecule has 24 heavy (non-hydrogen) atoms. The summed E-state index contributed by atoms with van der Waals surface area (Å²) in [5.74, 6) is 0.580. The minimum atomic E-state index is -0.329. The van der Waals surface area contributed by atoms with Crippen LogP contribution < -0.4 is 10.1 Å². The van der Waals surface area contributed by atoms with Crippen molar-refractivity contribution in [2.75, 3.05) is 5.32 Å². The fourth-order valence-electron chi connectivity index (χ4n) is 2.02. The van der Waals surface area contributed by atoms with Crippen molar-refractivity contribution in [1.29, 1.82) is 0 Å². The Morgan fingerprint density at radius 3 is 2.67 bits per heavy atom. The van der Waals surface area contributed by atoms with Crippen molar-refractivity contribution in [3.63, 3.8) is 0 Å². The van der Waals surface area contributed by atoms with Gasteiger partial charge in [0, 0.05) is 9.26 Å². The molecular formula is C18H13FINO3. The SMILES string of the molecule is O=C(Nc1cccc(I)c1)c1ccc(COc2ccc(F)cc2)o1. The third-order valence-electron chi connectivity index (χ3n) is 3.16. The van der Waals surface area contributed by atoms with Crippen LogP contribution in [-0.2, 0) is 6.61 Å². The van der Waals surface area contributed by atoms with Crippen molar-refractivity contribution in [3.8, 4) is 5.75 Å². The van der Waals surface area contributed by atoms with E-state index in [1.54, 1.807) is 12.1 Å². The molecule has 0 saturated heterocycles. The molecule has 0 radical (unpaired) electrons. The molecule has 0 saturated carbocycles. The van der Waals surface area contributed by atoms with Gasteiger partial charge in [0.25, 0.3) is 5.91 Å². The van der Waals surface area contributed by atoms with E-state index in [1.165, 1.54) is 24.3 Å². The Kier molecular flexibility index (Phi) is 5.14. The molecule has 4 nitrogen and oxygen atoms in total. The van der Waals surface area contributed by atoms with Crippen molar-refractivity contribution < 1.29 is 18.3 Å². The fraction of sp³-hybridized carbons (Fsp3) is 0.0556. The lowest BCUT2D eigenvalue weighted by Gasteiger charge is -2.04. The van der Waals surface area contributed by atoms with Crippen LogP contribution in [0.4, 0.5) is 10.1 Å². The Morgan fingerprint density at radius 2 is 1.92 bits per heavy atom. The van der Waals surface area contributed by atoms with Crippen LogP contribution in [0, 0.1) is 9.39 Å². The molecule has 0 fully saturated rings. The first kappa shape index (κ1) is 16.5. The lowest BCUT2D eigenvalue weighted by atomic mass is 10.3. The van der Waals surface area contributed by atoms with Crippen molar-refractivity contribution in [2.45, 2.75) is 6.61 Å². The zero-order valence-electron chi connectivity index (χ0n) is 12.5. The molecule has 0 unspecified atom stereocenters. The molecule has 1 heterocycles. The number of halogens is 2. The summed E-state index contributed by atoms with van der Waals surface area (Å²) in [4.78, 5) is 12.2. The minimum Gasteiger partial charge on any atom is -0.486 e. The predicted octanol–water partition coefficient (Wildman–Crippen LogP) is 4.85. The number of nitrogens with one attached hydrogen (secondary N) is 1. The van der Waals surface area contributed by atoms with E-state index in [2.05, 4.69) is 27.9 Å². The first-order chi connectivity index (χ1) is 11.6. The zero-order chi connectivity index (χ0) is 16.9. The van der Waals surface area contributed by atoms with Gasteiger partial charge >= 0.3 is 0 Å². The van der Waals surface area contributed by atoms with E-state index in [4.69, 9.17) is 9.15 Å². The van der Waals surface area contributed by atoms with Crippen LogP contribution in [0.1, 0.15) is 16.3 Å². The number of anilines is 1. The predicted molar refractivity (Wildman–Crippen MR) is 96.6 cm³/mol. The molecule has 1 N–H and O–H groups in total. The van der Waals surface area contributed by atoms with Crippen LogP contribution in [0.3, 0.4) is 0 Å². The summed E-state index contributed by atoms with van der Waals surface area (Å²) in [5, 5.41) is 2.77. The van der Waals surface area contributed by atoms with E-state index in [0.29, 0.717) is 17.2 Å². The lowest BCUT2D eigenvalue weighted by Crippen LogP contribution is -2.10. The Balaban J connectivity index is 1.60. The number of carbonyl (C=O) groups excluding carboxylic acids is 1. The zero-order valence-corrected chi connectivity index (χ0v) is 14.6. The largest absolute Gasteiger partial charge is 0.486 e. The summed E-state index contributed by atoms with van der Waals surface area (Å²) in [6, 6.07) is 16.4. The van der Waals surface area contributed by atoms with Crippen LogP contribution in [0.2, 0.25) is 0 Å². The highest BCUT2D eigenvalue weighted by Gasteiger charge is 2.12. The van der Waals surface area contributed by atoms with Gasteiger partial charge in [-0.05, 0) is 77.2 Å². The summed E-state index contributed by atoms with van der Waals surface area (Å²) >= 11 is 2.17. The third kappa shape index (κ3) is 4.35. The minimum absolute atomic E-state index is 0.155. The number of hydrogen-bond acceptors (Lipinski definition) is 3. The van der Waals surface area contributed by atoms with Crippen LogP contribution in [-0.4, -0.2) is 5.91 Å². The molecule has 2 aromatic carbocycles. The quantitative estimate of drug-likeness (QED) is 0.581. The number of furan rings is 1. The van der Waals surface area contributed by atoms with Gasteiger partial charge in [-0.25, -0.2) is 4.39 Å². The molecule has 3 rings (SSSR count). The molecule has 1 aromatic heterocycles. The summed E-state index contributed by atoms with van der Waals surface area (Å²) in [6.07, 6.45) is 0. The number of amides is 1. The van der Waals surface area contributed by atoms with Gasteiger partial charge in [-0.3, -0.25) is 4.79 Å². The first-order valence-electron chi connectivity index (χ1n) is 7.14. The molecule has 3 aromatic rings. The van der Waals surface area contributed by atoms with Crippen molar-refractivity contribution in [3.05, 3.63) is 81.6 Å². The Labute approximate surface area is 151 Å². The third-order valence-corrected chi connectivity index (χ3v) is 3.83. The van der Waals surface area contributed by atoms with Gasteiger partial charge < -0.3 is 14.5 Å². The van der Waals surface area contributed by atoms with Crippen molar-refractivity contribution >= 4 is 34.2 Å². The smallest absolute Gasteiger partial charge is 0.291 e. The van der Waals surface area contributed by atoms with Crippen LogP contribution in [0.5, 0.6) is 5.75 Å². The molecule has 0 bridgehead atoms. The molecule has 1 amide bonds. The van der Waals surface area contributed by atoms with Crippen molar-refractivity contribution in [2.24, 2.45) is 0 Å². The van der Waals surface area contributed by atoms with Gasteiger partial charge in [0.15, 0.2) is 5.76 Å². The summed E-state index contributed by atoms with van der Waals surface area (Å²) < 4.78 is 24.8. The highest BCUT2D eigenvalue weighted by molar-refractivity contribution is 14.1. The number of ether oxygens (including phenoxy) is 1. The topological polar surface area (TPSA) is 51.5 Å². The summed E-state index contributed by atoms with van der Waals surface area (Å²) in [5.41, 5.74) is 0.701. The molecule has 0 aliphatic rings. The average Bonchev–Trinajstić information content (AvgIpc) is 3.03. The second-order valence-electron chi connectivity index (χ2n) is 4.97. The molecule has 6 heteroatoms. The maximum atomic E-state index is 12.8. The van der Waals surface area contributed by atoms with Gasteiger partial charge in [0.1, 0.15) is 23.9 Å². The Hall–Kier alpha value is -2.35. The van der Waals surface area contributed by atoms with E-state index >= 15 is 0 Å². The molecular weight excluding hydrogens is 424 g/mol. The molecule has 0 spiro atoms. The second-order valence-corrected chi connectivity index (χ2v) is 6.22. The van der Waals surface area contributed by atoms with Crippen LogP contribution >= 0.6 is 22.6 Å². The van der Waals surface area contributed by atoms with E-state index in [9.17, 15) is 9.18 Å². The molecule has 0 aliphatic carbocycles. The highest BCUT2D eigenvalue weighted by Crippen LogP contribution is 2.17. The molecule has 122 valence electrons. The Morgan fingerprint density at radius 1 is 1.12 bits per heavy atom. The average molecular weight is 437 g/mol. The summed E-state index contributed by atoms with van der Waals surface area (Å²) in [7, 11) is 0. The lowest BCUT2D eigenvalue weighted by molar-refractivity contribution is 0.0992. The Bertz CT molecular complexity index is 845. The van der Waals surface area contributed by atoms with Crippen LogP contribution in [0.15, 0.2) is 65.1 Å². The van der Waals surface area contributed by atoms with Gasteiger partial charge in [0.05, 0.1) is 0 Å². The van der Waals surface area contributed by atoms with Gasteiger partial charge in [-0.1, -0.05) is 6.07 Å². The van der Waals surface area contributed by atoms with Gasteiger partial charge in [-0.2, -0.15) is 0 Å². The fourth-order valence-corrected chi connectivity index (χ4v) is 2.56. The highest BCUT2D eigenvalue weighted by atomic mass is 127. The maximum absolute atomic E-state index is 12.8. The van der Waals surface area contributed by atoms with E-state index in [0.717, 1.165) is 3.57 Å².